The molecule has 2 N–H and O–H groups in total. The smallest absolute Gasteiger partial charge is 0.274 e. The number of thioether (sulfide) groups is 1. The number of carbonyl (C=O) groups is 2. The minimum absolute atomic E-state index is 0.0128. The van der Waals surface area contributed by atoms with Crippen LogP contribution in [0, 0.1) is 23.0 Å². The van der Waals surface area contributed by atoms with E-state index in [9.17, 15) is 19.7 Å². The SMILES string of the molecule is CCn1c(SCC(=O)Nc2ccc(C)c([N+](=O)[O-])c2)nnc1[C@H](NC(=O)c1ccc(Cl)cc1Cl)C(C)C. The van der Waals surface area contributed by atoms with Gasteiger partial charge in [0, 0.05) is 28.9 Å². The van der Waals surface area contributed by atoms with Gasteiger partial charge >= 0.3 is 0 Å². The number of nitrogens with one attached hydrogen (secondary N) is 2. The zero-order chi connectivity index (χ0) is 27.3. The maximum absolute atomic E-state index is 13.0. The van der Waals surface area contributed by atoms with Gasteiger partial charge in [-0.05, 0) is 44.0 Å². The second kappa shape index (κ2) is 12.4. The Kier molecular flexibility index (Phi) is 9.52. The lowest BCUT2D eigenvalue weighted by Gasteiger charge is -2.22. The Morgan fingerprint density at radius 3 is 2.51 bits per heavy atom. The Morgan fingerprint density at radius 1 is 1.16 bits per heavy atom. The molecule has 0 aliphatic heterocycles. The van der Waals surface area contributed by atoms with Gasteiger partial charge in [0.25, 0.3) is 11.6 Å². The number of aryl methyl sites for hydroxylation is 1. The average Bonchev–Trinajstić information content (AvgIpc) is 3.24. The Balaban J connectivity index is 1.73. The number of amides is 2. The van der Waals surface area contributed by atoms with E-state index in [2.05, 4.69) is 20.8 Å². The number of hydrogen-bond acceptors (Lipinski definition) is 7. The molecule has 0 aliphatic rings. The van der Waals surface area contributed by atoms with Crippen molar-refractivity contribution in [1.29, 1.82) is 0 Å². The van der Waals surface area contributed by atoms with E-state index in [0.717, 1.165) is 0 Å². The van der Waals surface area contributed by atoms with Crippen molar-refractivity contribution in [1.82, 2.24) is 20.1 Å². The van der Waals surface area contributed by atoms with Crippen molar-refractivity contribution in [2.75, 3.05) is 11.1 Å². The van der Waals surface area contributed by atoms with Gasteiger partial charge in [0.05, 0.1) is 27.3 Å². The molecule has 0 saturated heterocycles. The molecule has 13 heteroatoms. The largest absolute Gasteiger partial charge is 0.342 e. The number of carbonyl (C=O) groups excluding carboxylic acids is 2. The van der Waals surface area contributed by atoms with Crippen LogP contribution in [-0.4, -0.2) is 37.3 Å². The second-order valence-corrected chi connectivity index (χ2v) is 10.3. The molecule has 0 bridgehead atoms. The maximum atomic E-state index is 13.0. The van der Waals surface area contributed by atoms with Crippen molar-refractivity contribution in [2.45, 2.75) is 45.4 Å². The number of hydrogen-bond donors (Lipinski definition) is 2. The molecule has 0 saturated carbocycles. The van der Waals surface area contributed by atoms with Crippen LogP contribution in [0.4, 0.5) is 11.4 Å². The van der Waals surface area contributed by atoms with Gasteiger partial charge in [0.15, 0.2) is 11.0 Å². The quantitative estimate of drug-likeness (QED) is 0.184. The number of benzene rings is 2. The van der Waals surface area contributed by atoms with Crippen molar-refractivity contribution in [3.8, 4) is 0 Å². The molecular weight excluding hydrogens is 539 g/mol. The summed E-state index contributed by atoms with van der Waals surface area (Å²) in [5.41, 5.74) is 1.07. The minimum Gasteiger partial charge on any atom is -0.342 e. The number of nitro benzene ring substituents is 1. The first-order valence-electron chi connectivity index (χ1n) is 11.4. The van der Waals surface area contributed by atoms with Crippen molar-refractivity contribution in [3.05, 3.63) is 73.5 Å². The molecule has 2 aromatic carbocycles. The van der Waals surface area contributed by atoms with Crippen LogP contribution in [-0.2, 0) is 11.3 Å². The van der Waals surface area contributed by atoms with Crippen LogP contribution >= 0.6 is 35.0 Å². The molecule has 1 aromatic heterocycles. The highest BCUT2D eigenvalue weighted by atomic mass is 35.5. The third kappa shape index (κ3) is 7.00. The lowest BCUT2D eigenvalue weighted by molar-refractivity contribution is -0.385. The van der Waals surface area contributed by atoms with E-state index in [1.165, 1.54) is 23.9 Å². The van der Waals surface area contributed by atoms with Crippen LogP contribution in [0.2, 0.25) is 10.0 Å². The highest BCUT2D eigenvalue weighted by Crippen LogP contribution is 2.28. The van der Waals surface area contributed by atoms with Crippen molar-refractivity contribution >= 4 is 58.2 Å². The molecule has 10 nitrogen and oxygen atoms in total. The lowest BCUT2D eigenvalue weighted by atomic mass is 10.0. The number of anilines is 1. The van der Waals surface area contributed by atoms with E-state index >= 15 is 0 Å². The molecule has 196 valence electrons. The maximum Gasteiger partial charge on any atom is 0.274 e. The van der Waals surface area contributed by atoms with E-state index in [-0.39, 0.29) is 34.2 Å². The molecule has 0 radical (unpaired) electrons. The third-order valence-electron chi connectivity index (χ3n) is 5.49. The van der Waals surface area contributed by atoms with Crippen LogP contribution in [0.3, 0.4) is 0 Å². The van der Waals surface area contributed by atoms with Gasteiger partial charge in [-0.2, -0.15) is 0 Å². The minimum atomic E-state index is -0.490. The molecule has 1 atom stereocenters. The normalized spacial score (nSPS) is 11.9. The van der Waals surface area contributed by atoms with Crippen LogP contribution in [0.1, 0.15) is 48.6 Å². The zero-order valence-corrected chi connectivity index (χ0v) is 22.9. The van der Waals surface area contributed by atoms with Gasteiger partial charge < -0.3 is 15.2 Å². The summed E-state index contributed by atoms with van der Waals surface area (Å²) >= 11 is 13.3. The first-order valence-corrected chi connectivity index (χ1v) is 13.1. The topological polar surface area (TPSA) is 132 Å². The number of rotatable bonds is 10. The van der Waals surface area contributed by atoms with Gasteiger partial charge in [-0.25, -0.2) is 0 Å². The third-order valence-corrected chi connectivity index (χ3v) is 7.01. The van der Waals surface area contributed by atoms with Crippen LogP contribution in [0.5, 0.6) is 0 Å². The highest BCUT2D eigenvalue weighted by Gasteiger charge is 2.27. The molecule has 1 heterocycles. The summed E-state index contributed by atoms with van der Waals surface area (Å²) in [7, 11) is 0. The predicted molar refractivity (Wildman–Crippen MR) is 144 cm³/mol. The Hall–Kier alpha value is -3.15. The molecular formula is C24H26Cl2N6O4S. The monoisotopic (exact) mass is 564 g/mol. The fraction of sp³-hybridized carbons (Fsp3) is 0.333. The molecule has 3 aromatic rings. The van der Waals surface area contributed by atoms with E-state index in [1.54, 1.807) is 31.2 Å². The summed E-state index contributed by atoms with van der Waals surface area (Å²) < 4.78 is 1.84. The van der Waals surface area contributed by atoms with Gasteiger partial charge in [-0.3, -0.25) is 19.7 Å². The summed E-state index contributed by atoms with van der Waals surface area (Å²) in [5.74, 6) is -0.178. The molecule has 37 heavy (non-hydrogen) atoms. The first-order chi connectivity index (χ1) is 17.5. The molecule has 0 fully saturated rings. The second-order valence-electron chi connectivity index (χ2n) is 8.50. The van der Waals surface area contributed by atoms with Crippen LogP contribution in [0.25, 0.3) is 0 Å². The first kappa shape index (κ1) is 28.4. The summed E-state index contributed by atoms with van der Waals surface area (Å²) in [6.07, 6.45) is 0. The van der Waals surface area contributed by atoms with E-state index in [0.29, 0.717) is 39.4 Å². The number of halogens is 2. The van der Waals surface area contributed by atoms with Crippen LogP contribution in [0.15, 0.2) is 41.6 Å². The zero-order valence-electron chi connectivity index (χ0n) is 20.6. The number of nitrogens with zero attached hydrogens (tertiary/aromatic N) is 4. The summed E-state index contributed by atoms with van der Waals surface area (Å²) in [6.45, 7) is 7.95. The number of nitro groups is 1. The van der Waals surface area contributed by atoms with E-state index in [4.69, 9.17) is 23.2 Å². The van der Waals surface area contributed by atoms with E-state index < -0.39 is 11.0 Å². The van der Waals surface area contributed by atoms with Crippen LogP contribution < -0.4 is 10.6 Å². The average molecular weight is 565 g/mol. The van der Waals surface area contributed by atoms with Gasteiger partial charge in [-0.15, -0.1) is 10.2 Å². The summed E-state index contributed by atoms with van der Waals surface area (Å²) in [5, 5.41) is 26.5. The van der Waals surface area contributed by atoms with Gasteiger partial charge in [0.2, 0.25) is 5.91 Å². The lowest BCUT2D eigenvalue weighted by Crippen LogP contribution is -2.34. The van der Waals surface area contributed by atoms with Gasteiger partial charge in [-0.1, -0.05) is 54.9 Å². The fourth-order valence-corrected chi connectivity index (χ4v) is 4.87. The van der Waals surface area contributed by atoms with Crippen molar-refractivity contribution < 1.29 is 14.5 Å². The predicted octanol–water partition coefficient (Wildman–Crippen LogP) is 5.68. The standard InChI is InChI=1S/C24H26Cl2N6O4S/c1-5-31-22(21(13(2)3)28-23(34)17-9-7-15(25)10-18(17)26)29-30-24(31)37-12-20(33)27-16-8-6-14(4)19(11-16)32(35)36/h6-11,13,21H,5,12H2,1-4H3,(H,27,33)(H,28,34)/t21-/m1/s1. The van der Waals surface area contributed by atoms with E-state index in [1.807, 2.05) is 25.3 Å². The molecule has 0 unspecified atom stereocenters. The fourth-order valence-electron chi connectivity index (χ4n) is 3.57. The Labute approximate surface area is 228 Å². The highest BCUT2D eigenvalue weighted by molar-refractivity contribution is 7.99. The molecule has 0 aliphatic carbocycles. The van der Waals surface area contributed by atoms with Crippen molar-refractivity contribution in [3.63, 3.8) is 0 Å². The summed E-state index contributed by atoms with van der Waals surface area (Å²) in [6, 6.07) is 8.71. The molecule has 3 rings (SSSR count). The number of aromatic nitrogens is 3. The Morgan fingerprint density at radius 2 is 1.89 bits per heavy atom. The van der Waals surface area contributed by atoms with Crippen molar-refractivity contribution in [2.24, 2.45) is 5.92 Å². The van der Waals surface area contributed by atoms with Gasteiger partial charge in [0.1, 0.15) is 0 Å². The Bertz CT molecular complexity index is 1330. The molecule has 2 amide bonds. The summed E-state index contributed by atoms with van der Waals surface area (Å²) in [4.78, 5) is 36.1. The molecule has 0 spiro atoms.